The van der Waals surface area contributed by atoms with Crippen LogP contribution < -0.4 is 0 Å². The van der Waals surface area contributed by atoms with E-state index >= 15 is 0 Å². The van der Waals surface area contributed by atoms with Crippen LogP contribution in [0.3, 0.4) is 0 Å². The van der Waals surface area contributed by atoms with Crippen molar-refractivity contribution >= 4 is 22.9 Å². The quantitative estimate of drug-likeness (QED) is 0.782. The van der Waals surface area contributed by atoms with Crippen LogP contribution in [-0.4, -0.2) is 10.7 Å². The van der Waals surface area contributed by atoms with E-state index in [4.69, 9.17) is 11.6 Å². The fourth-order valence-electron chi connectivity index (χ4n) is 1.53. The molecule has 1 nitrogen and oxygen atoms in total. The molecule has 3 heteroatoms. The van der Waals surface area contributed by atoms with Crippen LogP contribution in [0.25, 0.3) is 0 Å². The van der Waals surface area contributed by atoms with E-state index in [9.17, 15) is 5.11 Å². The van der Waals surface area contributed by atoms with Crippen LogP contribution in [0.4, 0.5) is 0 Å². The number of rotatable bonds is 2. The Morgan fingerprint density at radius 2 is 2.25 bits per heavy atom. The summed E-state index contributed by atoms with van der Waals surface area (Å²) < 4.78 is 0.813. The van der Waals surface area contributed by atoms with Crippen LogP contribution in [0.15, 0.2) is 12.1 Å². The van der Waals surface area contributed by atoms with Gasteiger partial charge in [-0.2, -0.15) is 0 Å². The molecule has 1 fully saturated rings. The average molecular weight is 203 g/mol. The molecule has 1 aliphatic carbocycles. The zero-order valence-corrected chi connectivity index (χ0v) is 8.29. The van der Waals surface area contributed by atoms with Gasteiger partial charge in [0.05, 0.1) is 9.94 Å². The van der Waals surface area contributed by atoms with Gasteiger partial charge in [0.1, 0.15) is 0 Å². The topological polar surface area (TPSA) is 20.2 Å². The molecule has 0 radical (unpaired) electrons. The molecule has 0 spiro atoms. The summed E-state index contributed by atoms with van der Waals surface area (Å²) in [6.07, 6.45) is 3.84. The van der Waals surface area contributed by atoms with Gasteiger partial charge in [0, 0.05) is 11.3 Å². The molecule has 1 N–H and O–H groups in total. The highest BCUT2D eigenvalue weighted by Crippen LogP contribution is 2.36. The molecule has 0 aliphatic heterocycles. The minimum Gasteiger partial charge on any atom is -0.390 e. The van der Waals surface area contributed by atoms with E-state index in [0.29, 0.717) is 0 Å². The van der Waals surface area contributed by atoms with Gasteiger partial charge in [-0.3, -0.25) is 0 Å². The highest BCUT2D eigenvalue weighted by atomic mass is 35.5. The van der Waals surface area contributed by atoms with Gasteiger partial charge in [0.25, 0.3) is 0 Å². The van der Waals surface area contributed by atoms with Crippen molar-refractivity contribution in [1.82, 2.24) is 0 Å². The molecule has 1 aromatic rings. The van der Waals surface area contributed by atoms with Crippen LogP contribution in [-0.2, 0) is 6.42 Å². The number of halogens is 1. The zero-order valence-electron chi connectivity index (χ0n) is 6.72. The smallest absolute Gasteiger partial charge is 0.0931 e. The fraction of sp³-hybridized carbons (Fsp3) is 0.556. The maximum atomic E-state index is 9.84. The highest BCUT2D eigenvalue weighted by molar-refractivity contribution is 7.16. The van der Waals surface area contributed by atoms with Crippen molar-refractivity contribution in [1.29, 1.82) is 0 Å². The van der Waals surface area contributed by atoms with Gasteiger partial charge < -0.3 is 5.11 Å². The summed E-state index contributed by atoms with van der Waals surface area (Å²) in [6, 6.07) is 3.90. The predicted octanol–water partition coefficient (Wildman–Crippen LogP) is 2.86. The van der Waals surface area contributed by atoms with Crippen LogP contribution in [0.2, 0.25) is 4.34 Å². The second-order valence-corrected chi connectivity index (χ2v) is 5.26. The molecular weight excluding hydrogens is 192 g/mol. The van der Waals surface area contributed by atoms with Gasteiger partial charge in [0.15, 0.2) is 0 Å². The third-order valence-electron chi connectivity index (χ3n) is 2.42. The Bertz CT molecular complexity index is 278. The Labute approximate surface area is 81.0 Å². The van der Waals surface area contributed by atoms with E-state index in [2.05, 4.69) is 0 Å². The number of aliphatic hydroxyl groups is 1. The van der Waals surface area contributed by atoms with Crippen molar-refractivity contribution in [3.05, 3.63) is 21.3 Å². The van der Waals surface area contributed by atoms with E-state index < -0.39 is 5.60 Å². The predicted molar refractivity (Wildman–Crippen MR) is 51.8 cm³/mol. The molecule has 0 atom stereocenters. The van der Waals surface area contributed by atoms with Crippen molar-refractivity contribution < 1.29 is 5.11 Å². The lowest BCUT2D eigenvalue weighted by molar-refractivity contribution is -0.0316. The van der Waals surface area contributed by atoms with Gasteiger partial charge in [-0.15, -0.1) is 11.3 Å². The molecule has 2 rings (SSSR count). The summed E-state index contributed by atoms with van der Waals surface area (Å²) in [5.41, 5.74) is -0.409. The largest absolute Gasteiger partial charge is 0.390 e. The third-order valence-corrected chi connectivity index (χ3v) is 3.65. The van der Waals surface area contributed by atoms with Crippen molar-refractivity contribution in [3.8, 4) is 0 Å². The minimum atomic E-state index is -0.409. The fourth-order valence-corrected chi connectivity index (χ4v) is 2.76. The number of hydrogen-bond donors (Lipinski definition) is 1. The molecular formula is C9H11ClOS. The van der Waals surface area contributed by atoms with E-state index in [1.54, 1.807) is 11.3 Å². The first kappa shape index (κ1) is 8.54. The standard InChI is InChI=1S/C9H11ClOS/c10-8-3-2-7(12-8)6-9(11)4-1-5-9/h2-3,11H,1,4-6H2. The maximum Gasteiger partial charge on any atom is 0.0931 e. The monoisotopic (exact) mass is 202 g/mol. The van der Waals surface area contributed by atoms with Gasteiger partial charge in [-0.1, -0.05) is 11.6 Å². The summed E-state index contributed by atoms with van der Waals surface area (Å²) >= 11 is 7.36. The first-order valence-corrected chi connectivity index (χ1v) is 5.34. The van der Waals surface area contributed by atoms with Gasteiger partial charge in [-0.25, -0.2) is 0 Å². The second-order valence-electron chi connectivity index (χ2n) is 3.46. The van der Waals surface area contributed by atoms with Crippen molar-refractivity contribution in [3.63, 3.8) is 0 Å². The van der Waals surface area contributed by atoms with E-state index in [0.717, 1.165) is 30.0 Å². The van der Waals surface area contributed by atoms with Crippen LogP contribution >= 0.6 is 22.9 Å². The lowest BCUT2D eigenvalue weighted by Crippen LogP contribution is -2.38. The van der Waals surface area contributed by atoms with Crippen LogP contribution in [0.1, 0.15) is 24.1 Å². The summed E-state index contributed by atoms with van der Waals surface area (Å²) in [4.78, 5) is 1.20. The molecule has 0 amide bonds. The van der Waals surface area contributed by atoms with E-state index in [1.807, 2.05) is 12.1 Å². The molecule has 0 saturated heterocycles. The van der Waals surface area contributed by atoms with E-state index in [-0.39, 0.29) is 0 Å². The van der Waals surface area contributed by atoms with Gasteiger partial charge in [0.2, 0.25) is 0 Å². The van der Waals surface area contributed by atoms with Crippen LogP contribution in [0.5, 0.6) is 0 Å². The Balaban J connectivity index is 2.03. The Kier molecular flexibility index (Phi) is 2.15. The molecule has 0 aromatic carbocycles. The Morgan fingerprint density at radius 3 is 2.67 bits per heavy atom. The number of hydrogen-bond acceptors (Lipinski definition) is 2. The zero-order chi connectivity index (χ0) is 8.60. The lowest BCUT2D eigenvalue weighted by atomic mass is 9.77. The molecule has 1 aliphatic rings. The normalized spacial score (nSPS) is 20.5. The molecule has 12 heavy (non-hydrogen) atoms. The first-order chi connectivity index (χ1) is 5.68. The van der Waals surface area contributed by atoms with Crippen molar-refractivity contribution in [2.24, 2.45) is 0 Å². The van der Waals surface area contributed by atoms with Gasteiger partial charge >= 0.3 is 0 Å². The first-order valence-electron chi connectivity index (χ1n) is 4.15. The van der Waals surface area contributed by atoms with E-state index in [1.165, 1.54) is 4.88 Å². The highest BCUT2D eigenvalue weighted by Gasteiger charge is 2.34. The lowest BCUT2D eigenvalue weighted by Gasteiger charge is -2.36. The van der Waals surface area contributed by atoms with Gasteiger partial charge in [-0.05, 0) is 31.4 Å². The Hall–Kier alpha value is -0.0500. The molecule has 1 saturated carbocycles. The number of thiophene rings is 1. The van der Waals surface area contributed by atoms with Crippen molar-refractivity contribution in [2.75, 3.05) is 0 Å². The Morgan fingerprint density at radius 1 is 1.50 bits per heavy atom. The summed E-state index contributed by atoms with van der Waals surface area (Å²) in [7, 11) is 0. The molecule has 0 unspecified atom stereocenters. The average Bonchev–Trinajstić information content (AvgIpc) is 2.32. The van der Waals surface area contributed by atoms with Crippen LogP contribution in [0, 0.1) is 0 Å². The summed E-state index contributed by atoms with van der Waals surface area (Å²) in [6.45, 7) is 0. The summed E-state index contributed by atoms with van der Waals surface area (Å²) in [5.74, 6) is 0. The van der Waals surface area contributed by atoms with Crippen molar-refractivity contribution in [2.45, 2.75) is 31.3 Å². The molecule has 1 aromatic heterocycles. The SMILES string of the molecule is OC1(Cc2ccc(Cl)s2)CCC1. The third kappa shape index (κ3) is 1.65. The summed E-state index contributed by atoms with van der Waals surface area (Å²) in [5, 5.41) is 9.84. The molecule has 66 valence electrons. The second kappa shape index (κ2) is 3.02. The maximum absolute atomic E-state index is 9.84. The molecule has 0 bridgehead atoms. The molecule has 1 heterocycles. The minimum absolute atomic E-state index is 0.409.